The monoisotopic (exact) mass is 180 g/mol. The van der Waals surface area contributed by atoms with Gasteiger partial charge in [-0.3, -0.25) is 0 Å². The van der Waals surface area contributed by atoms with E-state index in [0.29, 0.717) is 6.54 Å². The highest BCUT2D eigenvalue weighted by Crippen LogP contribution is 2.23. The van der Waals surface area contributed by atoms with Crippen molar-refractivity contribution in [3.63, 3.8) is 0 Å². The van der Waals surface area contributed by atoms with Crippen LogP contribution >= 0.6 is 0 Å². The lowest BCUT2D eigenvalue weighted by Crippen LogP contribution is -2.11. The van der Waals surface area contributed by atoms with Crippen LogP contribution in [-0.2, 0) is 12.8 Å². The number of aryl methyl sites for hydroxylation is 2. The Balaban J connectivity index is 2.25. The molecule has 13 heavy (non-hydrogen) atoms. The Hall–Kier alpha value is -0.800. The summed E-state index contributed by atoms with van der Waals surface area (Å²) in [6.07, 6.45) is 4.26. The van der Waals surface area contributed by atoms with E-state index in [4.69, 9.17) is 5.73 Å². The van der Waals surface area contributed by atoms with Crippen LogP contribution in [0.1, 0.15) is 35.9 Å². The zero-order chi connectivity index (χ0) is 9.26. The number of aromatic nitrogens is 1. The van der Waals surface area contributed by atoms with Gasteiger partial charge < -0.3 is 15.8 Å². The van der Waals surface area contributed by atoms with Crippen LogP contribution in [0.25, 0.3) is 0 Å². The Bertz CT molecular complexity index is 270. The van der Waals surface area contributed by atoms with Gasteiger partial charge in [0, 0.05) is 17.9 Å². The third kappa shape index (κ3) is 1.62. The number of aromatic amines is 1. The van der Waals surface area contributed by atoms with Gasteiger partial charge in [-0.2, -0.15) is 0 Å². The highest BCUT2D eigenvalue weighted by Gasteiger charge is 2.15. The SMILES string of the molecule is NC[C@@H](O)c1cc2c([nH]1)CCCC2. The first-order chi connectivity index (χ1) is 6.31. The number of H-pyrrole nitrogens is 1. The van der Waals surface area contributed by atoms with Gasteiger partial charge in [-0.15, -0.1) is 0 Å². The number of nitrogens with one attached hydrogen (secondary N) is 1. The summed E-state index contributed by atoms with van der Waals surface area (Å²) in [7, 11) is 0. The summed E-state index contributed by atoms with van der Waals surface area (Å²) in [4.78, 5) is 3.25. The van der Waals surface area contributed by atoms with Crippen molar-refractivity contribution >= 4 is 0 Å². The fourth-order valence-corrected chi connectivity index (χ4v) is 1.94. The third-order valence-corrected chi connectivity index (χ3v) is 2.72. The van der Waals surface area contributed by atoms with Crippen molar-refractivity contribution in [3.05, 3.63) is 23.0 Å². The van der Waals surface area contributed by atoms with E-state index < -0.39 is 6.10 Å². The third-order valence-electron chi connectivity index (χ3n) is 2.72. The second kappa shape index (κ2) is 3.52. The number of rotatable bonds is 2. The number of hydrogen-bond donors (Lipinski definition) is 3. The molecule has 1 aromatic heterocycles. The van der Waals surface area contributed by atoms with Crippen molar-refractivity contribution in [3.8, 4) is 0 Å². The average Bonchev–Trinajstić information content (AvgIpc) is 2.59. The highest BCUT2D eigenvalue weighted by molar-refractivity contribution is 5.29. The first kappa shape index (κ1) is 8.78. The zero-order valence-electron chi connectivity index (χ0n) is 7.71. The lowest BCUT2D eigenvalue weighted by molar-refractivity contribution is 0.182. The van der Waals surface area contributed by atoms with Gasteiger partial charge in [0.1, 0.15) is 6.10 Å². The van der Waals surface area contributed by atoms with Crippen LogP contribution in [0.5, 0.6) is 0 Å². The number of hydrogen-bond acceptors (Lipinski definition) is 2. The Kier molecular flexibility index (Phi) is 2.38. The van der Waals surface area contributed by atoms with Gasteiger partial charge >= 0.3 is 0 Å². The van der Waals surface area contributed by atoms with Crippen molar-refractivity contribution in [2.45, 2.75) is 31.8 Å². The van der Waals surface area contributed by atoms with Gasteiger partial charge in [-0.1, -0.05) is 0 Å². The van der Waals surface area contributed by atoms with E-state index >= 15 is 0 Å². The molecule has 0 unspecified atom stereocenters. The maximum Gasteiger partial charge on any atom is 0.106 e. The van der Waals surface area contributed by atoms with E-state index in [1.807, 2.05) is 0 Å². The molecule has 1 aliphatic rings. The molecular weight excluding hydrogens is 164 g/mol. The van der Waals surface area contributed by atoms with Crippen LogP contribution in [0.2, 0.25) is 0 Å². The zero-order valence-corrected chi connectivity index (χ0v) is 7.71. The maximum atomic E-state index is 9.52. The first-order valence-corrected chi connectivity index (χ1v) is 4.90. The summed E-state index contributed by atoms with van der Waals surface area (Å²) in [6, 6.07) is 2.06. The summed E-state index contributed by atoms with van der Waals surface area (Å²) in [5.41, 5.74) is 8.94. The largest absolute Gasteiger partial charge is 0.386 e. The number of aliphatic hydroxyl groups excluding tert-OH is 1. The van der Waals surface area contributed by atoms with E-state index in [-0.39, 0.29) is 0 Å². The minimum absolute atomic E-state index is 0.291. The molecule has 0 aliphatic heterocycles. The Morgan fingerprint density at radius 3 is 2.92 bits per heavy atom. The molecule has 0 radical (unpaired) electrons. The molecule has 4 N–H and O–H groups in total. The van der Waals surface area contributed by atoms with Crippen molar-refractivity contribution in [2.24, 2.45) is 5.73 Å². The topological polar surface area (TPSA) is 62.0 Å². The fourth-order valence-electron chi connectivity index (χ4n) is 1.94. The second-order valence-corrected chi connectivity index (χ2v) is 3.69. The Morgan fingerprint density at radius 2 is 2.23 bits per heavy atom. The van der Waals surface area contributed by atoms with Crippen LogP contribution in [0.15, 0.2) is 6.07 Å². The Morgan fingerprint density at radius 1 is 1.46 bits per heavy atom. The molecule has 0 amide bonds. The highest BCUT2D eigenvalue weighted by atomic mass is 16.3. The van der Waals surface area contributed by atoms with Crippen LogP contribution in [-0.4, -0.2) is 16.6 Å². The van der Waals surface area contributed by atoms with Crippen LogP contribution < -0.4 is 5.73 Å². The van der Waals surface area contributed by atoms with Crippen molar-refractivity contribution in [2.75, 3.05) is 6.54 Å². The van der Waals surface area contributed by atoms with Gasteiger partial charge in [-0.05, 0) is 37.3 Å². The van der Waals surface area contributed by atoms with E-state index in [9.17, 15) is 5.11 Å². The van der Waals surface area contributed by atoms with E-state index in [1.54, 1.807) is 0 Å². The number of aliphatic hydroxyl groups is 1. The van der Waals surface area contributed by atoms with E-state index in [0.717, 1.165) is 18.5 Å². The molecule has 1 aliphatic carbocycles. The van der Waals surface area contributed by atoms with Gasteiger partial charge in [-0.25, -0.2) is 0 Å². The molecule has 0 fully saturated rings. The molecule has 0 bridgehead atoms. The predicted molar refractivity (Wildman–Crippen MR) is 51.4 cm³/mol. The molecule has 72 valence electrons. The molecular formula is C10H16N2O. The van der Waals surface area contributed by atoms with Crippen LogP contribution in [0, 0.1) is 0 Å². The van der Waals surface area contributed by atoms with E-state index in [2.05, 4.69) is 11.1 Å². The summed E-state index contributed by atoms with van der Waals surface area (Å²) in [5, 5.41) is 9.52. The van der Waals surface area contributed by atoms with Crippen LogP contribution in [0.3, 0.4) is 0 Å². The van der Waals surface area contributed by atoms with Crippen LogP contribution in [0.4, 0.5) is 0 Å². The minimum Gasteiger partial charge on any atom is -0.386 e. The van der Waals surface area contributed by atoms with Gasteiger partial charge in [0.2, 0.25) is 0 Å². The quantitative estimate of drug-likeness (QED) is 0.633. The number of fused-ring (bicyclic) bond motifs is 1. The smallest absolute Gasteiger partial charge is 0.106 e. The lowest BCUT2D eigenvalue weighted by Gasteiger charge is -2.09. The minimum atomic E-state index is -0.523. The second-order valence-electron chi connectivity index (χ2n) is 3.69. The number of nitrogens with two attached hydrogens (primary N) is 1. The molecule has 1 heterocycles. The molecule has 1 atom stereocenters. The molecule has 0 saturated carbocycles. The Labute approximate surface area is 78.0 Å². The lowest BCUT2D eigenvalue weighted by atomic mass is 9.98. The van der Waals surface area contributed by atoms with Crippen molar-refractivity contribution in [1.82, 2.24) is 4.98 Å². The van der Waals surface area contributed by atoms with E-state index in [1.165, 1.54) is 24.1 Å². The standard InChI is InChI=1S/C10H16N2O/c11-6-10(13)9-5-7-3-1-2-4-8(7)12-9/h5,10,12-13H,1-4,6,11H2/t10-/m1/s1. The normalized spacial score (nSPS) is 18.3. The molecule has 3 nitrogen and oxygen atoms in total. The molecule has 1 aromatic rings. The fraction of sp³-hybridized carbons (Fsp3) is 0.600. The summed E-state index contributed by atoms with van der Waals surface area (Å²) in [5.74, 6) is 0. The van der Waals surface area contributed by atoms with Gasteiger partial charge in [0.15, 0.2) is 0 Å². The maximum absolute atomic E-state index is 9.52. The molecule has 0 aromatic carbocycles. The molecule has 0 saturated heterocycles. The molecule has 3 heteroatoms. The average molecular weight is 180 g/mol. The molecule has 0 spiro atoms. The van der Waals surface area contributed by atoms with Gasteiger partial charge in [0.05, 0.1) is 0 Å². The summed E-state index contributed by atoms with van der Waals surface area (Å²) in [6.45, 7) is 0.291. The van der Waals surface area contributed by atoms with Gasteiger partial charge in [0.25, 0.3) is 0 Å². The molecule has 2 rings (SSSR count). The summed E-state index contributed by atoms with van der Waals surface area (Å²) >= 11 is 0. The van der Waals surface area contributed by atoms with Crippen molar-refractivity contribution in [1.29, 1.82) is 0 Å². The predicted octanol–water partition coefficient (Wildman–Crippen LogP) is 0.886. The van der Waals surface area contributed by atoms with Crippen molar-refractivity contribution < 1.29 is 5.11 Å². The summed E-state index contributed by atoms with van der Waals surface area (Å²) < 4.78 is 0. The first-order valence-electron chi connectivity index (χ1n) is 4.90.